The van der Waals surface area contributed by atoms with E-state index in [9.17, 15) is 4.39 Å². The Balaban J connectivity index is 2.20. The van der Waals surface area contributed by atoms with Crippen molar-refractivity contribution in [3.8, 4) is 11.4 Å². The second kappa shape index (κ2) is 6.13. The molecule has 4 nitrogen and oxygen atoms in total. The Bertz CT molecular complexity index is 560. The van der Waals surface area contributed by atoms with E-state index in [-0.39, 0.29) is 11.9 Å². The fourth-order valence-electron chi connectivity index (χ4n) is 2.18. The summed E-state index contributed by atoms with van der Waals surface area (Å²) in [5, 5.41) is 7.16. The van der Waals surface area contributed by atoms with Crippen LogP contribution in [0.5, 0.6) is 0 Å². The molecule has 1 heterocycles. The number of halogens is 1. The Morgan fingerprint density at radius 3 is 2.65 bits per heavy atom. The monoisotopic (exact) mass is 277 g/mol. The van der Waals surface area contributed by atoms with E-state index in [0.717, 1.165) is 5.56 Å². The number of nitrogens with zero attached hydrogens (tertiary/aromatic N) is 2. The van der Waals surface area contributed by atoms with Gasteiger partial charge < -0.3 is 9.84 Å². The van der Waals surface area contributed by atoms with Crippen molar-refractivity contribution in [3.63, 3.8) is 0 Å². The van der Waals surface area contributed by atoms with Crippen molar-refractivity contribution in [1.29, 1.82) is 0 Å². The van der Waals surface area contributed by atoms with Crippen LogP contribution in [0.1, 0.15) is 25.3 Å². The van der Waals surface area contributed by atoms with Crippen LogP contribution in [0.3, 0.4) is 0 Å². The van der Waals surface area contributed by atoms with Crippen molar-refractivity contribution >= 4 is 0 Å². The third-order valence-electron chi connectivity index (χ3n) is 3.34. The molecule has 20 heavy (non-hydrogen) atoms. The normalized spacial score (nSPS) is 12.9. The van der Waals surface area contributed by atoms with Crippen molar-refractivity contribution in [2.45, 2.75) is 33.2 Å². The number of aryl methyl sites for hydroxylation is 1. The van der Waals surface area contributed by atoms with Gasteiger partial charge in [0.1, 0.15) is 5.82 Å². The number of benzene rings is 1. The molecule has 2 aromatic rings. The van der Waals surface area contributed by atoms with Crippen molar-refractivity contribution in [2.75, 3.05) is 7.05 Å². The van der Waals surface area contributed by atoms with Crippen LogP contribution >= 0.6 is 0 Å². The van der Waals surface area contributed by atoms with E-state index in [1.807, 2.05) is 20.0 Å². The predicted molar refractivity (Wildman–Crippen MR) is 75.8 cm³/mol. The zero-order valence-corrected chi connectivity index (χ0v) is 12.3. The third-order valence-corrected chi connectivity index (χ3v) is 3.34. The van der Waals surface area contributed by atoms with Gasteiger partial charge in [0.05, 0.1) is 0 Å². The highest BCUT2D eigenvalue weighted by Gasteiger charge is 2.17. The Labute approximate surface area is 118 Å². The molecule has 0 saturated carbocycles. The molecule has 1 unspecified atom stereocenters. The average Bonchev–Trinajstić information content (AvgIpc) is 2.83. The SMILES string of the molecule is CNC(Cc1nc(-c2cc(C)cc(F)c2)no1)C(C)C. The number of hydrogen-bond donors (Lipinski definition) is 1. The first-order valence-electron chi connectivity index (χ1n) is 6.77. The zero-order chi connectivity index (χ0) is 14.7. The molecule has 108 valence electrons. The number of aromatic nitrogens is 2. The summed E-state index contributed by atoms with van der Waals surface area (Å²) in [7, 11) is 1.91. The lowest BCUT2D eigenvalue weighted by molar-refractivity contribution is 0.335. The summed E-state index contributed by atoms with van der Waals surface area (Å²) in [5.41, 5.74) is 1.48. The Hall–Kier alpha value is -1.75. The number of rotatable bonds is 5. The fraction of sp³-hybridized carbons (Fsp3) is 0.467. The van der Waals surface area contributed by atoms with Gasteiger partial charge in [-0.1, -0.05) is 19.0 Å². The van der Waals surface area contributed by atoms with Crippen LogP contribution < -0.4 is 5.32 Å². The summed E-state index contributed by atoms with van der Waals surface area (Å²) in [6.07, 6.45) is 0.662. The highest BCUT2D eigenvalue weighted by atomic mass is 19.1. The molecule has 0 aliphatic carbocycles. The number of hydrogen-bond acceptors (Lipinski definition) is 4. The molecular formula is C15H20FN3O. The lowest BCUT2D eigenvalue weighted by atomic mass is 10.0. The van der Waals surface area contributed by atoms with Gasteiger partial charge in [0.2, 0.25) is 11.7 Å². The first kappa shape index (κ1) is 14.7. The van der Waals surface area contributed by atoms with Crippen LogP contribution in [0, 0.1) is 18.7 Å². The van der Waals surface area contributed by atoms with E-state index in [2.05, 4.69) is 29.3 Å². The van der Waals surface area contributed by atoms with Crippen molar-refractivity contribution in [1.82, 2.24) is 15.5 Å². The quantitative estimate of drug-likeness (QED) is 0.913. The standard InChI is InChI=1S/C15H20FN3O/c1-9(2)13(17-4)8-14-18-15(19-20-14)11-5-10(3)6-12(16)7-11/h5-7,9,13,17H,8H2,1-4H3. The molecule has 1 aromatic carbocycles. The topological polar surface area (TPSA) is 51.0 Å². The minimum absolute atomic E-state index is 0.276. The van der Waals surface area contributed by atoms with E-state index in [4.69, 9.17) is 4.52 Å². The fourth-order valence-corrected chi connectivity index (χ4v) is 2.18. The molecule has 1 aromatic heterocycles. The number of nitrogens with one attached hydrogen (secondary N) is 1. The summed E-state index contributed by atoms with van der Waals surface area (Å²) in [6, 6.07) is 5.01. The molecule has 1 N–H and O–H groups in total. The lowest BCUT2D eigenvalue weighted by Crippen LogP contribution is -2.32. The van der Waals surface area contributed by atoms with Crippen molar-refractivity contribution in [2.24, 2.45) is 5.92 Å². The summed E-state index contributed by atoms with van der Waals surface area (Å²) in [4.78, 5) is 4.35. The van der Waals surface area contributed by atoms with E-state index in [0.29, 0.717) is 29.6 Å². The van der Waals surface area contributed by atoms with Gasteiger partial charge in [-0.2, -0.15) is 4.98 Å². The molecule has 0 radical (unpaired) electrons. The maximum atomic E-state index is 13.4. The minimum atomic E-state index is -0.290. The molecule has 0 saturated heterocycles. The van der Waals surface area contributed by atoms with E-state index >= 15 is 0 Å². The lowest BCUT2D eigenvalue weighted by Gasteiger charge is -2.17. The van der Waals surface area contributed by atoms with E-state index < -0.39 is 0 Å². The van der Waals surface area contributed by atoms with Gasteiger partial charge in [-0.15, -0.1) is 0 Å². The summed E-state index contributed by atoms with van der Waals surface area (Å²) in [5.74, 6) is 1.17. The molecular weight excluding hydrogens is 257 g/mol. The average molecular weight is 277 g/mol. The first-order valence-corrected chi connectivity index (χ1v) is 6.77. The summed E-state index contributed by atoms with van der Waals surface area (Å²) in [6.45, 7) is 6.10. The maximum Gasteiger partial charge on any atom is 0.228 e. The first-order chi connectivity index (χ1) is 9.49. The second-order valence-corrected chi connectivity index (χ2v) is 5.37. The van der Waals surface area contributed by atoms with E-state index in [1.54, 1.807) is 0 Å². The third kappa shape index (κ3) is 3.42. The van der Waals surface area contributed by atoms with Gasteiger partial charge in [-0.25, -0.2) is 4.39 Å². The maximum absolute atomic E-state index is 13.4. The number of likely N-dealkylation sites (N-methyl/N-ethyl adjacent to an activating group) is 1. The van der Waals surface area contributed by atoms with Gasteiger partial charge in [0.25, 0.3) is 0 Å². The van der Waals surface area contributed by atoms with Crippen LogP contribution in [0.25, 0.3) is 11.4 Å². The van der Waals surface area contributed by atoms with Crippen LogP contribution in [0.2, 0.25) is 0 Å². The molecule has 5 heteroatoms. The summed E-state index contributed by atoms with van der Waals surface area (Å²) < 4.78 is 18.7. The molecule has 0 fully saturated rings. The Kier molecular flexibility index (Phi) is 4.49. The minimum Gasteiger partial charge on any atom is -0.339 e. The zero-order valence-electron chi connectivity index (χ0n) is 12.3. The molecule has 0 bridgehead atoms. The van der Waals surface area contributed by atoms with E-state index in [1.165, 1.54) is 12.1 Å². The largest absolute Gasteiger partial charge is 0.339 e. The highest BCUT2D eigenvalue weighted by molar-refractivity contribution is 5.55. The molecule has 2 rings (SSSR count). The van der Waals surface area contributed by atoms with Gasteiger partial charge in [-0.05, 0) is 43.7 Å². The van der Waals surface area contributed by atoms with Crippen LogP contribution in [-0.2, 0) is 6.42 Å². The molecule has 0 amide bonds. The van der Waals surface area contributed by atoms with Crippen molar-refractivity contribution in [3.05, 3.63) is 35.5 Å². The molecule has 0 aliphatic rings. The second-order valence-electron chi connectivity index (χ2n) is 5.37. The molecule has 0 aliphatic heterocycles. The van der Waals surface area contributed by atoms with Gasteiger partial charge in [-0.3, -0.25) is 0 Å². The predicted octanol–water partition coefficient (Wildman–Crippen LogP) is 2.97. The molecule has 0 spiro atoms. The summed E-state index contributed by atoms with van der Waals surface area (Å²) >= 11 is 0. The van der Waals surface area contributed by atoms with Crippen LogP contribution in [0.15, 0.2) is 22.7 Å². The highest BCUT2D eigenvalue weighted by Crippen LogP contribution is 2.20. The molecule has 1 atom stereocenters. The van der Waals surface area contributed by atoms with Crippen LogP contribution in [0.4, 0.5) is 4.39 Å². The van der Waals surface area contributed by atoms with Gasteiger partial charge in [0, 0.05) is 18.0 Å². The van der Waals surface area contributed by atoms with Crippen LogP contribution in [-0.4, -0.2) is 23.2 Å². The van der Waals surface area contributed by atoms with Gasteiger partial charge in [0.15, 0.2) is 0 Å². The smallest absolute Gasteiger partial charge is 0.228 e. The van der Waals surface area contributed by atoms with Gasteiger partial charge >= 0.3 is 0 Å². The Morgan fingerprint density at radius 1 is 1.30 bits per heavy atom. The Morgan fingerprint density at radius 2 is 2.05 bits per heavy atom. The van der Waals surface area contributed by atoms with Crippen molar-refractivity contribution < 1.29 is 8.91 Å².